The van der Waals surface area contributed by atoms with Gasteiger partial charge in [0.2, 0.25) is 5.71 Å². The molecule has 0 unspecified atom stereocenters. The number of rotatable bonds is 5. The Morgan fingerprint density at radius 2 is 1.75 bits per heavy atom. The Labute approximate surface area is 187 Å². The molecule has 0 saturated carbocycles. The predicted octanol–water partition coefficient (Wildman–Crippen LogP) is 5.23. The van der Waals surface area contributed by atoms with Gasteiger partial charge in [0.1, 0.15) is 5.73 Å². The summed E-state index contributed by atoms with van der Waals surface area (Å²) >= 11 is 0. The quantitative estimate of drug-likeness (QED) is 0.550. The number of aryl methyl sites for hydroxylation is 1. The lowest BCUT2D eigenvalue weighted by molar-refractivity contribution is 0.00578. The summed E-state index contributed by atoms with van der Waals surface area (Å²) in [5.41, 5.74) is 7.52. The van der Waals surface area contributed by atoms with E-state index in [1.54, 1.807) is 19.2 Å². The second kappa shape index (κ2) is 8.03. The molecule has 0 amide bonds. The Morgan fingerprint density at radius 3 is 2.34 bits per heavy atom. The van der Waals surface area contributed by atoms with Crippen molar-refractivity contribution in [3.8, 4) is 0 Å². The molecule has 0 aliphatic carbocycles. The van der Waals surface area contributed by atoms with Crippen molar-refractivity contribution < 1.29 is 22.9 Å². The van der Waals surface area contributed by atoms with Crippen LogP contribution in [0.1, 0.15) is 50.3 Å². The molecule has 6 nitrogen and oxygen atoms in total. The maximum Gasteiger partial charge on any atom is 0.526 e. The lowest BCUT2D eigenvalue weighted by Crippen LogP contribution is -2.41. The third-order valence-corrected chi connectivity index (χ3v) is 6.20. The first-order chi connectivity index (χ1) is 15.1. The number of anilines is 1. The van der Waals surface area contributed by atoms with Crippen LogP contribution in [0.2, 0.25) is 0 Å². The van der Waals surface area contributed by atoms with Crippen LogP contribution in [0.15, 0.2) is 46.5 Å². The van der Waals surface area contributed by atoms with Crippen molar-refractivity contribution in [1.82, 2.24) is 4.98 Å². The van der Waals surface area contributed by atoms with Gasteiger partial charge in [0.05, 0.1) is 34.5 Å². The molecular weight excluding hydrogens is 410 g/mol. The van der Waals surface area contributed by atoms with E-state index >= 15 is 4.39 Å². The Kier molecular flexibility index (Phi) is 5.65. The van der Waals surface area contributed by atoms with Gasteiger partial charge in [-0.3, -0.25) is 0 Å². The summed E-state index contributed by atoms with van der Waals surface area (Å²) in [5, 5.41) is 0.614. The number of methoxy groups -OCH3 is 1. The predicted molar refractivity (Wildman–Crippen MR) is 124 cm³/mol. The van der Waals surface area contributed by atoms with E-state index in [9.17, 15) is 0 Å². The molecule has 1 aromatic carbocycles. The summed E-state index contributed by atoms with van der Waals surface area (Å²) in [4.78, 5) is 4.47. The second-order valence-corrected chi connectivity index (χ2v) is 9.06. The fourth-order valence-electron chi connectivity index (χ4n) is 3.84. The van der Waals surface area contributed by atoms with Crippen molar-refractivity contribution in [2.24, 2.45) is 0 Å². The van der Waals surface area contributed by atoms with Gasteiger partial charge in [-0.05, 0) is 51.8 Å². The minimum absolute atomic E-state index is 0.181. The minimum Gasteiger partial charge on any atom is -0.435 e. The Bertz CT molecular complexity index is 1170. The molecule has 3 heterocycles. The lowest BCUT2D eigenvalue weighted by Gasteiger charge is -2.32. The van der Waals surface area contributed by atoms with Gasteiger partial charge >= 0.3 is 7.12 Å². The maximum absolute atomic E-state index is 16.1. The Morgan fingerprint density at radius 1 is 1.12 bits per heavy atom. The zero-order valence-electron chi connectivity index (χ0n) is 19.3. The Hall–Kier alpha value is -2.68. The van der Waals surface area contributed by atoms with E-state index in [4.69, 9.17) is 24.2 Å². The fourth-order valence-corrected chi connectivity index (χ4v) is 3.84. The average Bonchev–Trinajstić information content (AvgIpc) is 3.15. The number of benzene rings is 1. The van der Waals surface area contributed by atoms with E-state index in [1.165, 1.54) is 0 Å². The average molecular weight is 438 g/mol. The number of hydrogen-bond donors (Lipinski definition) is 1. The molecule has 0 spiro atoms. The van der Waals surface area contributed by atoms with Crippen LogP contribution in [0, 0.1) is 6.92 Å². The molecule has 8 heteroatoms. The van der Waals surface area contributed by atoms with Crippen molar-refractivity contribution >= 4 is 29.5 Å². The summed E-state index contributed by atoms with van der Waals surface area (Å²) in [6.45, 7) is 9.69. The second-order valence-electron chi connectivity index (χ2n) is 9.06. The van der Waals surface area contributed by atoms with Gasteiger partial charge < -0.3 is 24.2 Å². The summed E-state index contributed by atoms with van der Waals surface area (Å²) in [7, 11) is 0.405. The highest BCUT2D eigenvalue weighted by molar-refractivity contribution is 6.55. The van der Waals surface area contributed by atoms with Crippen molar-refractivity contribution in [3.63, 3.8) is 0 Å². The topological polar surface area (TPSA) is 79.7 Å². The third kappa shape index (κ3) is 3.72. The number of furan rings is 1. The molecule has 1 aliphatic heterocycles. The van der Waals surface area contributed by atoms with Gasteiger partial charge in [0.25, 0.3) is 0 Å². The summed E-state index contributed by atoms with van der Waals surface area (Å²) in [6, 6.07) is 11.0. The number of pyridine rings is 1. The summed E-state index contributed by atoms with van der Waals surface area (Å²) < 4.78 is 39.5. The molecule has 1 aliphatic rings. The van der Waals surface area contributed by atoms with Crippen LogP contribution in [-0.2, 0) is 20.7 Å². The molecular formula is C24H28BFN2O4. The Balaban J connectivity index is 1.95. The molecule has 0 bridgehead atoms. The lowest BCUT2D eigenvalue weighted by atomic mass is 9.81. The van der Waals surface area contributed by atoms with E-state index in [1.807, 2.05) is 58.9 Å². The smallest absolute Gasteiger partial charge is 0.435 e. The standard InChI is InChI=1S/C24H28BFN2O4/c1-14-12-16(13-29-6)17-19(27)20(30-22(17)28-14)18(15-10-8-7-9-11-15)21(26)25-31-23(2,3)24(4,5)32-25/h7-12H,13,27H2,1-6H3. The minimum atomic E-state index is -1.20. The molecule has 0 radical (unpaired) electrons. The SMILES string of the molecule is COCc1cc(C)nc2oc(C(=C(F)B3OC(C)(C)C(C)(C)O3)c3ccccc3)c(N)c12. The molecule has 1 saturated heterocycles. The van der Waals surface area contributed by atoms with Gasteiger partial charge in [-0.1, -0.05) is 30.3 Å². The number of hydrogen-bond acceptors (Lipinski definition) is 6. The van der Waals surface area contributed by atoms with Crippen LogP contribution in [0.4, 0.5) is 10.1 Å². The van der Waals surface area contributed by atoms with Crippen molar-refractivity contribution in [3.05, 3.63) is 64.7 Å². The van der Waals surface area contributed by atoms with Crippen LogP contribution in [0.5, 0.6) is 0 Å². The van der Waals surface area contributed by atoms with E-state index in [-0.39, 0.29) is 11.3 Å². The summed E-state index contributed by atoms with van der Waals surface area (Å²) in [5.74, 6) is 0.189. The largest absolute Gasteiger partial charge is 0.526 e. The van der Waals surface area contributed by atoms with Crippen LogP contribution in [-0.4, -0.2) is 30.4 Å². The van der Waals surface area contributed by atoms with E-state index < -0.39 is 24.0 Å². The highest BCUT2D eigenvalue weighted by Gasteiger charge is 2.54. The van der Waals surface area contributed by atoms with Crippen molar-refractivity contribution in [2.75, 3.05) is 12.8 Å². The van der Waals surface area contributed by atoms with Gasteiger partial charge in [-0.2, -0.15) is 0 Å². The fraction of sp³-hybridized carbons (Fsp3) is 0.375. The highest BCUT2D eigenvalue weighted by Crippen LogP contribution is 2.44. The van der Waals surface area contributed by atoms with Gasteiger partial charge in [-0.25, -0.2) is 9.37 Å². The van der Waals surface area contributed by atoms with Crippen LogP contribution >= 0.6 is 0 Å². The van der Waals surface area contributed by atoms with Gasteiger partial charge in [0, 0.05) is 12.8 Å². The zero-order chi connectivity index (χ0) is 23.3. The van der Waals surface area contributed by atoms with Gasteiger partial charge in [-0.15, -0.1) is 0 Å². The number of aromatic nitrogens is 1. The van der Waals surface area contributed by atoms with Gasteiger partial charge in [0.15, 0.2) is 5.76 Å². The molecule has 1 fully saturated rings. The number of nitrogens with two attached hydrogens (primary N) is 1. The maximum atomic E-state index is 16.1. The molecule has 4 rings (SSSR count). The number of halogens is 1. The molecule has 168 valence electrons. The van der Waals surface area contributed by atoms with Crippen molar-refractivity contribution in [1.29, 1.82) is 0 Å². The van der Waals surface area contributed by atoms with Crippen LogP contribution in [0.3, 0.4) is 0 Å². The molecule has 32 heavy (non-hydrogen) atoms. The van der Waals surface area contributed by atoms with E-state index in [0.717, 1.165) is 11.3 Å². The van der Waals surface area contributed by atoms with Crippen LogP contribution < -0.4 is 5.73 Å². The number of nitrogens with zero attached hydrogens (tertiary/aromatic N) is 1. The van der Waals surface area contributed by atoms with E-state index in [2.05, 4.69) is 4.98 Å². The first-order valence-corrected chi connectivity index (χ1v) is 10.5. The monoisotopic (exact) mass is 438 g/mol. The van der Waals surface area contributed by atoms with Crippen LogP contribution in [0.25, 0.3) is 16.7 Å². The molecule has 0 atom stereocenters. The zero-order valence-corrected chi connectivity index (χ0v) is 19.3. The highest BCUT2D eigenvalue weighted by atomic mass is 19.1. The third-order valence-electron chi connectivity index (χ3n) is 6.20. The number of ether oxygens (including phenoxy) is 1. The van der Waals surface area contributed by atoms with Crippen molar-refractivity contribution in [2.45, 2.75) is 52.4 Å². The number of fused-ring (bicyclic) bond motifs is 1. The first kappa shape index (κ1) is 22.5. The first-order valence-electron chi connectivity index (χ1n) is 10.5. The summed E-state index contributed by atoms with van der Waals surface area (Å²) in [6.07, 6.45) is 0. The molecule has 2 aromatic heterocycles. The molecule has 3 aromatic rings. The normalized spacial score (nSPS) is 18.3. The molecule has 2 N–H and O–H groups in total. The number of nitrogen functional groups attached to an aromatic ring is 1. The van der Waals surface area contributed by atoms with E-state index in [0.29, 0.717) is 29.0 Å².